The Morgan fingerprint density at radius 1 is 1.10 bits per heavy atom. The molecule has 1 saturated heterocycles. The van der Waals surface area contributed by atoms with Crippen LogP contribution in [-0.4, -0.2) is 90.0 Å². The van der Waals surface area contributed by atoms with Crippen molar-refractivity contribution in [3.63, 3.8) is 0 Å². The van der Waals surface area contributed by atoms with Crippen LogP contribution in [0.3, 0.4) is 0 Å². The predicted molar refractivity (Wildman–Crippen MR) is 168 cm³/mol. The van der Waals surface area contributed by atoms with Crippen LogP contribution >= 0.6 is 12.4 Å². The Balaban J connectivity index is 0.00000451. The van der Waals surface area contributed by atoms with Gasteiger partial charge in [-0.05, 0) is 60.7 Å². The largest absolute Gasteiger partial charge is 0.487 e. The third-order valence-corrected chi connectivity index (χ3v) is 8.23. The first kappa shape index (κ1) is 34.8. The Morgan fingerprint density at radius 2 is 1.85 bits per heavy atom. The third-order valence-electron chi connectivity index (χ3n) is 8.23. The van der Waals surface area contributed by atoms with Crippen molar-refractivity contribution in [1.29, 1.82) is 5.26 Å². The van der Waals surface area contributed by atoms with Gasteiger partial charge < -0.3 is 19.5 Å². The molecule has 0 amide bonds. The summed E-state index contributed by atoms with van der Waals surface area (Å²) in [6.07, 6.45) is 6.08. The van der Waals surface area contributed by atoms with E-state index in [4.69, 9.17) is 14.2 Å². The first-order valence-corrected chi connectivity index (χ1v) is 15.4. The first-order chi connectivity index (χ1) is 22.7. The second kappa shape index (κ2) is 15.1. The van der Waals surface area contributed by atoms with Crippen molar-refractivity contribution >= 4 is 24.0 Å². The molecule has 0 bridgehead atoms. The van der Waals surface area contributed by atoms with Crippen LogP contribution < -0.4 is 14.8 Å². The summed E-state index contributed by atoms with van der Waals surface area (Å²) in [5, 5.41) is 28.3. The van der Waals surface area contributed by atoms with E-state index in [0.29, 0.717) is 55.3 Å². The van der Waals surface area contributed by atoms with Gasteiger partial charge in [-0.25, -0.2) is 19.3 Å². The van der Waals surface area contributed by atoms with E-state index < -0.39 is 18.4 Å². The number of rotatable bonds is 11. The number of alkyl halides is 3. The number of nitriles is 1. The molecule has 2 fully saturated rings. The molecule has 1 unspecified atom stereocenters. The van der Waals surface area contributed by atoms with E-state index >= 15 is 0 Å². The van der Waals surface area contributed by atoms with Crippen LogP contribution in [0.5, 0.6) is 11.6 Å². The van der Waals surface area contributed by atoms with Crippen LogP contribution in [-0.2, 0) is 16.9 Å². The number of nitrogens with zero attached hydrogens (tertiary/aromatic N) is 10. The van der Waals surface area contributed by atoms with E-state index in [0.717, 1.165) is 32.1 Å². The summed E-state index contributed by atoms with van der Waals surface area (Å²) in [5.74, 6) is 0.343. The third kappa shape index (κ3) is 8.12. The molecule has 6 rings (SSSR count). The number of hydrogen-bond acceptors (Lipinski definition) is 12. The molecule has 1 saturated carbocycles. The number of hydrogen-bond donors (Lipinski definition) is 1. The molecular weight excluding hydrogens is 655 g/mol. The van der Waals surface area contributed by atoms with Crippen LogP contribution in [0.1, 0.15) is 44.6 Å². The van der Waals surface area contributed by atoms with Crippen LogP contribution in [0, 0.1) is 11.3 Å². The summed E-state index contributed by atoms with van der Waals surface area (Å²) in [6, 6.07) is 7.26. The lowest BCUT2D eigenvalue weighted by molar-refractivity contribution is -0.154. The van der Waals surface area contributed by atoms with Gasteiger partial charge >= 0.3 is 6.18 Å². The Bertz CT molecular complexity index is 1670. The Labute approximate surface area is 280 Å². The quantitative estimate of drug-likeness (QED) is 0.232. The van der Waals surface area contributed by atoms with Crippen molar-refractivity contribution in [2.45, 2.75) is 63.5 Å². The number of nitrogens with one attached hydrogen (secondary N) is 1. The maximum Gasteiger partial charge on any atom is 0.422 e. The van der Waals surface area contributed by atoms with Crippen LogP contribution in [0.2, 0.25) is 0 Å². The number of benzene rings is 1. The summed E-state index contributed by atoms with van der Waals surface area (Å²) in [5.41, 5.74) is 1.42. The summed E-state index contributed by atoms with van der Waals surface area (Å²) in [4.78, 5) is 11.1. The zero-order chi connectivity index (χ0) is 32.9. The van der Waals surface area contributed by atoms with Crippen molar-refractivity contribution in [2.24, 2.45) is 0 Å². The van der Waals surface area contributed by atoms with Gasteiger partial charge in [-0.2, -0.15) is 18.4 Å². The normalized spacial score (nSPS) is 17.1. The first-order valence-electron chi connectivity index (χ1n) is 15.4. The molecule has 1 aliphatic carbocycles. The number of morpholine rings is 1. The molecule has 0 spiro atoms. The Kier molecular flexibility index (Phi) is 11.0. The SMILES string of the molecule is CC(Cn1cnnn1)Oc1cc(-c2cnc(Nc3cn(C4(N5CCOCC5)CCCCC4)nc3OCC(F)(F)F)nc2)ccc1C#N.Cl. The van der Waals surface area contributed by atoms with Crippen LogP contribution in [0.4, 0.5) is 24.8 Å². The molecule has 0 radical (unpaired) electrons. The summed E-state index contributed by atoms with van der Waals surface area (Å²) >= 11 is 0. The lowest BCUT2D eigenvalue weighted by Crippen LogP contribution is -2.56. The van der Waals surface area contributed by atoms with Crippen molar-refractivity contribution < 1.29 is 27.4 Å². The van der Waals surface area contributed by atoms with Gasteiger partial charge in [0.1, 0.15) is 35.6 Å². The second-order valence-corrected chi connectivity index (χ2v) is 11.5. The number of aromatic nitrogens is 8. The number of anilines is 2. The highest BCUT2D eigenvalue weighted by Gasteiger charge is 2.42. The van der Waals surface area contributed by atoms with Gasteiger partial charge in [0, 0.05) is 31.0 Å². The molecule has 1 N–H and O–H groups in total. The van der Waals surface area contributed by atoms with Gasteiger partial charge in [0.25, 0.3) is 5.88 Å². The lowest BCUT2D eigenvalue weighted by Gasteiger charge is -2.47. The fourth-order valence-corrected chi connectivity index (χ4v) is 6.04. The molecule has 14 nitrogen and oxygen atoms in total. The Hall–Kier alpha value is -4.53. The van der Waals surface area contributed by atoms with E-state index in [1.807, 2.05) is 6.92 Å². The molecular formula is C30H35ClF3N11O3. The van der Waals surface area contributed by atoms with Crippen molar-refractivity contribution in [2.75, 3.05) is 38.2 Å². The minimum absolute atomic E-state index is 0. The van der Waals surface area contributed by atoms with Crippen LogP contribution in [0.15, 0.2) is 43.1 Å². The van der Waals surface area contributed by atoms with Gasteiger partial charge in [-0.3, -0.25) is 4.90 Å². The fraction of sp³-hybridized carbons (Fsp3) is 0.500. The van der Waals surface area contributed by atoms with E-state index in [1.54, 1.807) is 41.5 Å². The highest BCUT2D eigenvalue weighted by molar-refractivity contribution is 5.85. The van der Waals surface area contributed by atoms with Gasteiger partial charge in [-0.15, -0.1) is 22.6 Å². The fourth-order valence-electron chi connectivity index (χ4n) is 6.04. The highest BCUT2D eigenvalue weighted by Crippen LogP contribution is 2.41. The molecule has 4 heterocycles. The lowest BCUT2D eigenvalue weighted by atomic mass is 9.87. The number of halogens is 4. The highest BCUT2D eigenvalue weighted by atomic mass is 35.5. The zero-order valence-electron chi connectivity index (χ0n) is 26.1. The zero-order valence-corrected chi connectivity index (χ0v) is 27.0. The minimum Gasteiger partial charge on any atom is -0.487 e. The summed E-state index contributed by atoms with van der Waals surface area (Å²) in [6.45, 7) is 3.30. The Morgan fingerprint density at radius 3 is 2.52 bits per heavy atom. The van der Waals surface area contributed by atoms with E-state index in [1.165, 1.54) is 11.0 Å². The van der Waals surface area contributed by atoms with Gasteiger partial charge in [0.2, 0.25) is 5.95 Å². The van der Waals surface area contributed by atoms with Crippen molar-refractivity contribution in [3.8, 4) is 28.8 Å². The van der Waals surface area contributed by atoms with Gasteiger partial charge in [-0.1, -0.05) is 12.5 Å². The maximum atomic E-state index is 13.2. The van der Waals surface area contributed by atoms with Gasteiger partial charge in [0.05, 0.1) is 31.5 Å². The van der Waals surface area contributed by atoms with E-state index in [9.17, 15) is 18.4 Å². The minimum atomic E-state index is -4.54. The molecule has 1 atom stereocenters. The molecule has 256 valence electrons. The number of tetrazole rings is 1. The molecule has 1 aromatic carbocycles. The van der Waals surface area contributed by atoms with E-state index in [2.05, 4.69) is 46.9 Å². The standard InChI is InChI=1S/C30H34F3N11O3.ClH/c1-21(17-43-20-37-40-41-43)47-26-13-22(5-6-23(26)14-34)24-15-35-28(36-16-24)38-25-18-44(39-27(25)46-19-30(31,32)33)29(7-3-2-4-8-29)42-9-11-45-12-10-42;/h5-6,13,15-16,18,20-21H,2-4,7-12,17,19H2,1H3,(H,35,36,38);1H. The van der Waals surface area contributed by atoms with Gasteiger partial charge in [0.15, 0.2) is 6.61 Å². The molecule has 1 aliphatic heterocycles. The summed E-state index contributed by atoms with van der Waals surface area (Å²) in [7, 11) is 0. The molecule has 4 aromatic rings. The van der Waals surface area contributed by atoms with Crippen LogP contribution in [0.25, 0.3) is 11.1 Å². The monoisotopic (exact) mass is 689 g/mol. The molecule has 48 heavy (non-hydrogen) atoms. The average molecular weight is 690 g/mol. The predicted octanol–water partition coefficient (Wildman–Crippen LogP) is 4.72. The smallest absolute Gasteiger partial charge is 0.422 e. The van der Waals surface area contributed by atoms with E-state index in [-0.39, 0.29) is 36.0 Å². The van der Waals surface area contributed by atoms with Crippen molar-refractivity contribution in [1.82, 2.24) is 44.9 Å². The maximum absolute atomic E-state index is 13.2. The average Bonchev–Trinajstić information content (AvgIpc) is 3.74. The molecule has 3 aromatic heterocycles. The second-order valence-electron chi connectivity index (χ2n) is 11.5. The topological polar surface area (TPSA) is 154 Å². The summed E-state index contributed by atoms with van der Waals surface area (Å²) < 4.78 is 59.7. The molecule has 2 aliphatic rings. The molecule has 18 heteroatoms. The number of ether oxygens (including phenoxy) is 3. The van der Waals surface area contributed by atoms with Crippen molar-refractivity contribution in [3.05, 3.63) is 48.7 Å².